The van der Waals surface area contributed by atoms with Crippen LogP contribution in [-0.4, -0.2) is 49.8 Å². The van der Waals surface area contributed by atoms with Gasteiger partial charge in [-0.25, -0.2) is 0 Å². The van der Waals surface area contributed by atoms with E-state index in [0.29, 0.717) is 24.1 Å². The van der Waals surface area contributed by atoms with Crippen LogP contribution in [0.25, 0.3) is 11.4 Å². The molecular formula is C17H23N5O3S. The fourth-order valence-electron chi connectivity index (χ4n) is 3.14. The summed E-state index contributed by atoms with van der Waals surface area (Å²) in [7, 11) is 1.87. The Bertz CT molecular complexity index is 815. The highest BCUT2D eigenvalue weighted by atomic mass is 32.2. The van der Waals surface area contributed by atoms with Gasteiger partial charge in [-0.15, -0.1) is 10.2 Å². The molecule has 2 aromatic rings. The van der Waals surface area contributed by atoms with Crippen molar-refractivity contribution in [1.29, 1.82) is 0 Å². The van der Waals surface area contributed by atoms with E-state index in [0.717, 1.165) is 24.2 Å². The molecule has 26 heavy (non-hydrogen) atoms. The number of aromatic nitrogens is 3. The average molecular weight is 377 g/mol. The third-order valence-corrected chi connectivity index (χ3v) is 5.82. The minimum Gasteiger partial charge on any atom is -0.469 e. The Morgan fingerprint density at radius 1 is 1.42 bits per heavy atom. The van der Waals surface area contributed by atoms with Gasteiger partial charge in [0.05, 0.1) is 23.0 Å². The number of aryl methyl sites for hydroxylation is 1. The number of hydrogen-bond donors (Lipinski definition) is 1. The molecule has 3 heterocycles. The van der Waals surface area contributed by atoms with Gasteiger partial charge in [-0.2, -0.15) is 0 Å². The number of nitrogens with zero attached hydrogens (tertiary/aromatic N) is 4. The zero-order valence-corrected chi connectivity index (χ0v) is 16.0. The molecule has 0 saturated carbocycles. The number of likely N-dealkylation sites (tertiary alicyclic amines) is 1. The summed E-state index contributed by atoms with van der Waals surface area (Å²) in [5.74, 6) is 0.869. The Morgan fingerprint density at radius 3 is 2.85 bits per heavy atom. The minimum absolute atomic E-state index is 0.00927. The number of furan rings is 1. The van der Waals surface area contributed by atoms with Crippen LogP contribution in [0, 0.1) is 12.8 Å². The third kappa shape index (κ3) is 3.62. The fourth-order valence-corrected chi connectivity index (χ4v) is 4.04. The van der Waals surface area contributed by atoms with E-state index >= 15 is 0 Å². The molecule has 2 amide bonds. The lowest BCUT2D eigenvalue weighted by Gasteiger charge is -2.32. The van der Waals surface area contributed by atoms with Crippen LogP contribution in [-0.2, 0) is 16.6 Å². The number of carbonyl (C=O) groups is 2. The Balaban J connectivity index is 1.69. The molecule has 9 heteroatoms. The van der Waals surface area contributed by atoms with Crippen molar-refractivity contribution in [1.82, 2.24) is 19.7 Å². The van der Waals surface area contributed by atoms with Crippen LogP contribution in [0.4, 0.5) is 0 Å². The van der Waals surface area contributed by atoms with Crippen molar-refractivity contribution < 1.29 is 14.0 Å². The lowest BCUT2D eigenvalue weighted by molar-refractivity contribution is -0.134. The predicted octanol–water partition coefficient (Wildman–Crippen LogP) is 1.59. The van der Waals surface area contributed by atoms with Crippen molar-refractivity contribution in [2.45, 2.75) is 37.1 Å². The van der Waals surface area contributed by atoms with Crippen LogP contribution in [0.3, 0.4) is 0 Å². The molecule has 2 unspecified atom stereocenters. The van der Waals surface area contributed by atoms with Crippen LogP contribution in [0.1, 0.15) is 25.5 Å². The fraction of sp³-hybridized carbons (Fsp3) is 0.529. The van der Waals surface area contributed by atoms with E-state index in [2.05, 4.69) is 10.2 Å². The molecular weight excluding hydrogens is 354 g/mol. The molecule has 8 nitrogen and oxygen atoms in total. The molecule has 1 fully saturated rings. The van der Waals surface area contributed by atoms with E-state index in [1.54, 1.807) is 11.2 Å². The number of rotatable bonds is 5. The molecule has 2 aromatic heterocycles. The van der Waals surface area contributed by atoms with Crippen molar-refractivity contribution in [2.24, 2.45) is 18.7 Å². The van der Waals surface area contributed by atoms with Crippen molar-refractivity contribution in [3.05, 3.63) is 18.1 Å². The number of nitrogens with two attached hydrogens (primary N) is 1. The van der Waals surface area contributed by atoms with Gasteiger partial charge in [0.2, 0.25) is 11.8 Å². The molecule has 1 aliphatic heterocycles. The summed E-state index contributed by atoms with van der Waals surface area (Å²) in [6, 6.07) is 1.85. The molecule has 3 rings (SSSR count). The predicted molar refractivity (Wildman–Crippen MR) is 97.3 cm³/mol. The zero-order chi connectivity index (χ0) is 18.8. The average Bonchev–Trinajstić information content (AvgIpc) is 3.20. The minimum atomic E-state index is -0.337. The van der Waals surface area contributed by atoms with E-state index in [1.807, 2.05) is 31.5 Å². The molecule has 1 aliphatic rings. The van der Waals surface area contributed by atoms with E-state index < -0.39 is 0 Å². The summed E-state index contributed by atoms with van der Waals surface area (Å²) in [6.07, 6.45) is 3.16. The van der Waals surface area contributed by atoms with Gasteiger partial charge in [-0.05, 0) is 32.8 Å². The van der Waals surface area contributed by atoms with E-state index in [-0.39, 0.29) is 23.0 Å². The smallest absolute Gasteiger partial charge is 0.235 e. The highest BCUT2D eigenvalue weighted by Gasteiger charge is 2.30. The van der Waals surface area contributed by atoms with Gasteiger partial charge < -0.3 is 19.6 Å². The molecule has 1 saturated heterocycles. The normalized spacial score (nSPS) is 18.7. The second kappa shape index (κ2) is 7.53. The number of hydrogen-bond acceptors (Lipinski definition) is 6. The molecule has 0 radical (unpaired) electrons. The molecule has 2 N–H and O–H groups in total. The van der Waals surface area contributed by atoms with E-state index in [4.69, 9.17) is 10.2 Å². The second-order valence-electron chi connectivity index (χ2n) is 6.54. The number of primary amides is 1. The second-order valence-corrected chi connectivity index (χ2v) is 7.85. The highest BCUT2D eigenvalue weighted by molar-refractivity contribution is 8.00. The van der Waals surface area contributed by atoms with Crippen molar-refractivity contribution in [3.63, 3.8) is 0 Å². The standard InChI is InChI=1S/C17H23N5O3S/c1-10-13(6-8-25-10)15-19-20-17(21(15)3)26-11(2)16(24)22-7-4-5-12(9-22)14(18)23/h6,8,11-12H,4-5,7,9H2,1-3H3,(H2,18,23). The van der Waals surface area contributed by atoms with Crippen molar-refractivity contribution in [3.8, 4) is 11.4 Å². The first-order chi connectivity index (χ1) is 12.4. The maximum atomic E-state index is 12.8. The van der Waals surface area contributed by atoms with Gasteiger partial charge in [-0.3, -0.25) is 9.59 Å². The maximum Gasteiger partial charge on any atom is 0.235 e. The Morgan fingerprint density at radius 2 is 2.19 bits per heavy atom. The number of piperidine rings is 1. The molecule has 0 bridgehead atoms. The summed E-state index contributed by atoms with van der Waals surface area (Å²) >= 11 is 1.36. The van der Waals surface area contributed by atoms with Crippen LogP contribution in [0.15, 0.2) is 21.9 Å². The van der Waals surface area contributed by atoms with E-state index in [1.165, 1.54) is 11.8 Å². The maximum absolute atomic E-state index is 12.8. The Hall–Kier alpha value is -2.29. The molecule has 2 atom stereocenters. The summed E-state index contributed by atoms with van der Waals surface area (Å²) in [6.45, 7) is 4.77. The lowest BCUT2D eigenvalue weighted by Crippen LogP contribution is -2.46. The quantitative estimate of drug-likeness (QED) is 0.793. The molecule has 140 valence electrons. The Kier molecular flexibility index (Phi) is 5.36. The molecule has 0 aromatic carbocycles. The van der Waals surface area contributed by atoms with Gasteiger partial charge >= 0.3 is 0 Å². The van der Waals surface area contributed by atoms with Gasteiger partial charge in [0.25, 0.3) is 0 Å². The molecule has 0 aliphatic carbocycles. The monoisotopic (exact) mass is 377 g/mol. The summed E-state index contributed by atoms with van der Waals surface area (Å²) in [4.78, 5) is 25.9. The highest BCUT2D eigenvalue weighted by Crippen LogP contribution is 2.29. The first-order valence-corrected chi connectivity index (χ1v) is 9.45. The lowest BCUT2D eigenvalue weighted by atomic mass is 9.97. The van der Waals surface area contributed by atoms with Gasteiger partial charge in [0.1, 0.15) is 5.76 Å². The van der Waals surface area contributed by atoms with Crippen LogP contribution >= 0.6 is 11.8 Å². The largest absolute Gasteiger partial charge is 0.469 e. The van der Waals surface area contributed by atoms with Crippen LogP contribution in [0.5, 0.6) is 0 Å². The van der Waals surface area contributed by atoms with Crippen LogP contribution in [0.2, 0.25) is 0 Å². The first kappa shape index (κ1) is 18.5. The number of thioether (sulfide) groups is 1. The summed E-state index contributed by atoms with van der Waals surface area (Å²) in [5, 5.41) is 8.76. The van der Waals surface area contributed by atoms with Gasteiger partial charge in [0, 0.05) is 20.1 Å². The number of amides is 2. The molecule has 0 spiro atoms. The van der Waals surface area contributed by atoms with Crippen molar-refractivity contribution >= 4 is 23.6 Å². The topological polar surface area (TPSA) is 107 Å². The summed E-state index contributed by atoms with van der Waals surface area (Å²) < 4.78 is 7.18. The number of carbonyl (C=O) groups excluding carboxylic acids is 2. The van der Waals surface area contributed by atoms with Crippen LogP contribution < -0.4 is 5.73 Å². The van der Waals surface area contributed by atoms with Crippen molar-refractivity contribution in [2.75, 3.05) is 13.1 Å². The van der Waals surface area contributed by atoms with Gasteiger partial charge in [0.15, 0.2) is 11.0 Å². The van der Waals surface area contributed by atoms with E-state index in [9.17, 15) is 9.59 Å². The Labute approximate surface area is 156 Å². The SMILES string of the molecule is Cc1occc1-c1nnc(SC(C)C(=O)N2CCCC(C(N)=O)C2)n1C. The summed E-state index contributed by atoms with van der Waals surface area (Å²) in [5.41, 5.74) is 6.28. The van der Waals surface area contributed by atoms with Gasteiger partial charge in [-0.1, -0.05) is 11.8 Å². The zero-order valence-electron chi connectivity index (χ0n) is 15.1. The third-order valence-electron chi connectivity index (χ3n) is 4.70. The first-order valence-electron chi connectivity index (χ1n) is 8.57.